The lowest BCUT2D eigenvalue weighted by Gasteiger charge is -2.30. The molecule has 26 heavy (non-hydrogen) atoms. The summed E-state index contributed by atoms with van der Waals surface area (Å²) in [6.45, 7) is 1.43. The molecule has 6 heteroatoms. The molecule has 0 N–H and O–H groups in total. The lowest BCUT2D eigenvalue weighted by atomic mass is 9.96. The van der Waals surface area contributed by atoms with Crippen LogP contribution in [-0.4, -0.2) is 35.1 Å². The summed E-state index contributed by atoms with van der Waals surface area (Å²) in [5.41, 5.74) is 2.30. The smallest absolute Gasteiger partial charge is 0.253 e. The minimum atomic E-state index is 0.0976. The summed E-state index contributed by atoms with van der Waals surface area (Å²) in [7, 11) is 0. The first kappa shape index (κ1) is 17.4. The number of piperidine rings is 1. The fraction of sp³-hybridized carbons (Fsp3) is 0.300. The Hall–Kier alpha value is -1.98. The number of thioether (sulfide) groups is 1. The van der Waals surface area contributed by atoms with E-state index < -0.39 is 0 Å². The van der Waals surface area contributed by atoms with Crippen LogP contribution < -0.4 is 0 Å². The van der Waals surface area contributed by atoms with Gasteiger partial charge in [-0.15, -0.1) is 11.8 Å². The molecule has 0 atom stereocenters. The summed E-state index contributed by atoms with van der Waals surface area (Å²) in [5.74, 6) is 1.09. The highest BCUT2D eigenvalue weighted by Gasteiger charge is 2.27. The Labute approximate surface area is 161 Å². The van der Waals surface area contributed by atoms with E-state index in [1.165, 1.54) is 0 Å². The summed E-state index contributed by atoms with van der Waals surface area (Å²) >= 11 is 7.69. The molecule has 134 valence electrons. The van der Waals surface area contributed by atoms with Gasteiger partial charge in [0.25, 0.3) is 5.91 Å². The summed E-state index contributed by atoms with van der Waals surface area (Å²) in [6.07, 6.45) is 3.74. The number of fused-ring (bicyclic) bond motifs is 1. The number of rotatable bonds is 3. The summed E-state index contributed by atoms with van der Waals surface area (Å²) < 4.78 is 5.89. The Morgan fingerprint density at radius 3 is 2.62 bits per heavy atom. The van der Waals surface area contributed by atoms with Crippen molar-refractivity contribution >= 4 is 40.4 Å². The van der Waals surface area contributed by atoms with Gasteiger partial charge >= 0.3 is 0 Å². The number of likely N-dealkylation sites (tertiary alicyclic amines) is 1. The number of benzene rings is 2. The number of carbonyl (C=O) groups excluding carboxylic acids is 1. The van der Waals surface area contributed by atoms with Crippen molar-refractivity contribution < 1.29 is 9.21 Å². The van der Waals surface area contributed by atoms with E-state index >= 15 is 0 Å². The van der Waals surface area contributed by atoms with Gasteiger partial charge in [-0.05, 0) is 61.6 Å². The van der Waals surface area contributed by atoms with Crippen LogP contribution in [0.25, 0.3) is 11.1 Å². The van der Waals surface area contributed by atoms with Gasteiger partial charge in [0.2, 0.25) is 0 Å². The van der Waals surface area contributed by atoms with Crippen LogP contribution in [0.1, 0.15) is 35.0 Å². The van der Waals surface area contributed by atoms with E-state index in [9.17, 15) is 4.79 Å². The molecule has 1 saturated heterocycles. The zero-order chi connectivity index (χ0) is 18.1. The highest BCUT2D eigenvalue weighted by molar-refractivity contribution is 7.98. The molecular formula is C20H19ClN2O2S. The van der Waals surface area contributed by atoms with E-state index in [1.54, 1.807) is 11.8 Å². The predicted octanol–water partition coefficient (Wildman–Crippen LogP) is 5.22. The first-order valence-electron chi connectivity index (χ1n) is 8.63. The predicted molar refractivity (Wildman–Crippen MR) is 105 cm³/mol. The molecule has 0 aliphatic carbocycles. The quantitative estimate of drug-likeness (QED) is 0.579. The van der Waals surface area contributed by atoms with Crippen LogP contribution >= 0.6 is 23.4 Å². The molecule has 1 aromatic heterocycles. The summed E-state index contributed by atoms with van der Waals surface area (Å²) in [6, 6.07) is 13.3. The first-order chi connectivity index (χ1) is 12.6. The van der Waals surface area contributed by atoms with Crippen molar-refractivity contribution in [3.63, 3.8) is 0 Å². The van der Waals surface area contributed by atoms with Gasteiger partial charge in [-0.2, -0.15) is 0 Å². The minimum Gasteiger partial charge on any atom is -0.440 e. The highest BCUT2D eigenvalue weighted by atomic mass is 35.5. The van der Waals surface area contributed by atoms with Gasteiger partial charge < -0.3 is 9.32 Å². The van der Waals surface area contributed by atoms with E-state index in [4.69, 9.17) is 16.0 Å². The van der Waals surface area contributed by atoms with Gasteiger partial charge in [0.1, 0.15) is 5.52 Å². The molecule has 1 aliphatic rings. The first-order valence-corrected chi connectivity index (χ1v) is 10.2. The van der Waals surface area contributed by atoms with Crippen LogP contribution in [0.2, 0.25) is 5.02 Å². The van der Waals surface area contributed by atoms with Crippen molar-refractivity contribution in [2.75, 3.05) is 19.3 Å². The zero-order valence-corrected chi connectivity index (χ0v) is 16.0. The van der Waals surface area contributed by atoms with Crippen LogP contribution in [0, 0.1) is 0 Å². The number of amides is 1. The standard InChI is InChI=1S/C20H19ClN2O2S/c1-26-16-5-2-14(3-6-16)20(24)23-10-8-13(9-11-23)19-22-17-12-15(21)4-7-18(17)25-19/h2-7,12-13H,8-11H2,1H3. The number of oxazole rings is 1. The molecule has 4 rings (SSSR count). The lowest BCUT2D eigenvalue weighted by molar-refractivity contribution is 0.0706. The maximum absolute atomic E-state index is 12.7. The van der Waals surface area contributed by atoms with Crippen molar-refractivity contribution in [1.82, 2.24) is 9.88 Å². The molecule has 1 aliphatic heterocycles. The second kappa shape index (κ2) is 7.33. The fourth-order valence-electron chi connectivity index (χ4n) is 3.34. The second-order valence-electron chi connectivity index (χ2n) is 6.46. The van der Waals surface area contributed by atoms with Crippen molar-refractivity contribution in [2.45, 2.75) is 23.7 Å². The van der Waals surface area contributed by atoms with Crippen molar-refractivity contribution in [3.8, 4) is 0 Å². The van der Waals surface area contributed by atoms with Gasteiger partial charge in [-0.1, -0.05) is 11.6 Å². The molecule has 0 unspecified atom stereocenters. The van der Waals surface area contributed by atoms with Crippen LogP contribution in [0.5, 0.6) is 0 Å². The minimum absolute atomic E-state index is 0.0976. The molecule has 1 amide bonds. The van der Waals surface area contributed by atoms with E-state index in [1.807, 2.05) is 53.6 Å². The van der Waals surface area contributed by atoms with E-state index in [2.05, 4.69) is 4.98 Å². The SMILES string of the molecule is CSc1ccc(C(=O)N2CCC(c3nc4cc(Cl)ccc4o3)CC2)cc1. The van der Waals surface area contributed by atoms with Crippen molar-refractivity contribution in [1.29, 1.82) is 0 Å². The third-order valence-electron chi connectivity index (χ3n) is 4.83. The molecule has 2 heterocycles. The maximum Gasteiger partial charge on any atom is 0.253 e. The zero-order valence-electron chi connectivity index (χ0n) is 14.4. The lowest BCUT2D eigenvalue weighted by Crippen LogP contribution is -2.37. The molecule has 1 fully saturated rings. The summed E-state index contributed by atoms with van der Waals surface area (Å²) in [5, 5.41) is 0.658. The second-order valence-corrected chi connectivity index (χ2v) is 7.78. The van der Waals surface area contributed by atoms with Gasteiger partial charge in [0.15, 0.2) is 11.5 Å². The number of hydrogen-bond acceptors (Lipinski definition) is 4. The van der Waals surface area contributed by atoms with E-state index in [-0.39, 0.29) is 11.8 Å². The number of halogens is 1. The van der Waals surface area contributed by atoms with Crippen LogP contribution in [0.15, 0.2) is 51.8 Å². The Kier molecular flexibility index (Phi) is 4.92. The highest BCUT2D eigenvalue weighted by Crippen LogP contribution is 2.31. The van der Waals surface area contributed by atoms with Crippen LogP contribution in [0.4, 0.5) is 0 Å². The van der Waals surface area contributed by atoms with Crippen LogP contribution in [0.3, 0.4) is 0 Å². The van der Waals surface area contributed by atoms with Crippen LogP contribution in [-0.2, 0) is 0 Å². The van der Waals surface area contributed by atoms with Gasteiger partial charge in [-0.25, -0.2) is 4.98 Å². The van der Waals surface area contributed by atoms with Crippen molar-refractivity contribution in [3.05, 3.63) is 58.9 Å². The summed E-state index contributed by atoms with van der Waals surface area (Å²) in [4.78, 5) is 20.4. The monoisotopic (exact) mass is 386 g/mol. The number of aromatic nitrogens is 1. The molecular weight excluding hydrogens is 368 g/mol. The molecule has 0 saturated carbocycles. The topological polar surface area (TPSA) is 46.3 Å². The third kappa shape index (κ3) is 3.46. The maximum atomic E-state index is 12.7. The molecule has 0 spiro atoms. The molecule has 0 bridgehead atoms. The molecule has 3 aromatic rings. The number of hydrogen-bond donors (Lipinski definition) is 0. The van der Waals surface area contributed by atoms with E-state index in [0.29, 0.717) is 18.1 Å². The Morgan fingerprint density at radius 2 is 1.92 bits per heavy atom. The average Bonchev–Trinajstić information content (AvgIpc) is 3.11. The Bertz CT molecular complexity index is 931. The van der Waals surface area contributed by atoms with E-state index in [0.717, 1.165) is 40.3 Å². The molecule has 0 radical (unpaired) electrons. The van der Waals surface area contributed by atoms with Gasteiger partial charge in [0.05, 0.1) is 0 Å². The normalized spacial score (nSPS) is 15.5. The van der Waals surface area contributed by atoms with Gasteiger partial charge in [0, 0.05) is 34.5 Å². The number of nitrogens with zero attached hydrogens (tertiary/aromatic N) is 2. The Morgan fingerprint density at radius 1 is 1.19 bits per heavy atom. The third-order valence-corrected chi connectivity index (χ3v) is 5.81. The average molecular weight is 387 g/mol. The van der Waals surface area contributed by atoms with Gasteiger partial charge in [-0.3, -0.25) is 4.79 Å². The largest absolute Gasteiger partial charge is 0.440 e. The van der Waals surface area contributed by atoms with Crippen molar-refractivity contribution in [2.24, 2.45) is 0 Å². The Balaban J connectivity index is 1.43. The molecule has 2 aromatic carbocycles. The number of carbonyl (C=O) groups is 1. The fourth-order valence-corrected chi connectivity index (χ4v) is 3.91. The molecule has 4 nitrogen and oxygen atoms in total.